The van der Waals surface area contributed by atoms with Crippen LogP contribution in [-0.4, -0.2) is 14.7 Å². The molecule has 98 valence electrons. The molecule has 0 radical (unpaired) electrons. The summed E-state index contributed by atoms with van der Waals surface area (Å²) in [7, 11) is -3.69. The van der Waals surface area contributed by atoms with Gasteiger partial charge in [-0.3, -0.25) is 0 Å². The van der Waals surface area contributed by atoms with Crippen LogP contribution in [0, 0.1) is 11.3 Å². The largest absolute Gasteiger partial charge is 0.218 e. The van der Waals surface area contributed by atoms with Crippen molar-refractivity contribution in [3.8, 4) is 6.07 Å². The smallest absolute Gasteiger partial charge is 0.217 e. The van der Waals surface area contributed by atoms with Crippen LogP contribution in [0.2, 0.25) is 0 Å². The van der Waals surface area contributed by atoms with E-state index in [2.05, 4.69) is 0 Å². The van der Waals surface area contributed by atoms with E-state index in [1.807, 2.05) is 18.4 Å². The highest BCUT2D eigenvalue weighted by Gasteiger charge is 2.21. The van der Waals surface area contributed by atoms with Crippen LogP contribution in [-0.2, 0) is 9.84 Å². The summed E-state index contributed by atoms with van der Waals surface area (Å²) in [6.45, 7) is 0. The summed E-state index contributed by atoms with van der Waals surface area (Å²) in [5.74, 6) is 0. The average Bonchev–Trinajstić information content (AvgIpc) is 3.06. The number of nitriles is 1. The Bertz CT molecular complexity index is 733. The first-order valence-corrected chi connectivity index (χ1v) is 9.57. The van der Waals surface area contributed by atoms with Crippen molar-refractivity contribution in [2.24, 2.45) is 0 Å². The van der Waals surface area contributed by atoms with Gasteiger partial charge < -0.3 is 0 Å². The molecule has 0 fully saturated rings. The van der Waals surface area contributed by atoms with Gasteiger partial charge in [0.2, 0.25) is 9.84 Å². The molecular formula is C12H9NO2S4. The van der Waals surface area contributed by atoms with Crippen LogP contribution in [0.3, 0.4) is 0 Å². The van der Waals surface area contributed by atoms with E-state index in [4.69, 9.17) is 5.26 Å². The lowest BCUT2D eigenvalue weighted by atomic mass is 10.4. The fraction of sp³-hybridized carbons (Fsp3) is 0.0833. The Morgan fingerprint density at radius 2 is 2.21 bits per heavy atom. The van der Waals surface area contributed by atoms with E-state index in [9.17, 15) is 8.42 Å². The van der Waals surface area contributed by atoms with Crippen molar-refractivity contribution in [3.63, 3.8) is 0 Å². The number of thioether (sulfide) groups is 1. The van der Waals surface area contributed by atoms with Crippen LogP contribution in [0.1, 0.15) is 4.88 Å². The average molecular weight is 327 g/mol. The maximum absolute atomic E-state index is 12.2. The van der Waals surface area contributed by atoms with E-state index in [0.29, 0.717) is 0 Å². The Morgan fingerprint density at radius 3 is 2.74 bits per heavy atom. The first-order chi connectivity index (χ1) is 9.07. The number of allylic oxidation sites excluding steroid dienone is 1. The van der Waals surface area contributed by atoms with Gasteiger partial charge in [0.1, 0.15) is 6.07 Å². The van der Waals surface area contributed by atoms with Crippen LogP contribution < -0.4 is 0 Å². The van der Waals surface area contributed by atoms with Gasteiger partial charge >= 0.3 is 0 Å². The van der Waals surface area contributed by atoms with Gasteiger partial charge in [-0.2, -0.15) is 16.6 Å². The number of rotatable bonds is 4. The molecule has 7 heteroatoms. The summed E-state index contributed by atoms with van der Waals surface area (Å²) >= 11 is 4.34. The van der Waals surface area contributed by atoms with Gasteiger partial charge in [0.15, 0.2) is 4.91 Å². The molecule has 2 aromatic heterocycles. The predicted octanol–water partition coefficient (Wildman–Crippen LogP) is 3.87. The van der Waals surface area contributed by atoms with Gasteiger partial charge in [-0.15, -0.1) is 23.1 Å². The van der Waals surface area contributed by atoms with E-state index in [0.717, 1.165) is 9.09 Å². The van der Waals surface area contributed by atoms with Crippen LogP contribution in [0.4, 0.5) is 0 Å². The second-order valence-corrected chi connectivity index (χ2v) is 8.36. The highest BCUT2D eigenvalue weighted by atomic mass is 32.2. The third-order valence-corrected chi connectivity index (χ3v) is 6.89. The summed E-state index contributed by atoms with van der Waals surface area (Å²) in [4.78, 5) is 0.715. The molecule has 19 heavy (non-hydrogen) atoms. The van der Waals surface area contributed by atoms with Gasteiger partial charge in [-0.1, -0.05) is 0 Å². The van der Waals surface area contributed by atoms with E-state index < -0.39 is 9.84 Å². The van der Waals surface area contributed by atoms with Crippen molar-refractivity contribution in [2.45, 2.75) is 9.10 Å². The number of thiophene rings is 2. The zero-order valence-electron chi connectivity index (χ0n) is 9.86. The molecule has 0 atom stereocenters. The van der Waals surface area contributed by atoms with E-state index in [1.54, 1.807) is 23.2 Å². The maximum Gasteiger partial charge on any atom is 0.217 e. The number of hydrogen-bond donors (Lipinski definition) is 0. The number of sulfone groups is 1. The first-order valence-electron chi connectivity index (χ1n) is 5.11. The third-order valence-electron chi connectivity index (χ3n) is 2.28. The fourth-order valence-corrected chi connectivity index (χ4v) is 5.11. The minimum absolute atomic E-state index is 0.173. The molecule has 0 aliphatic carbocycles. The molecule has 0 aliphatic heterocycles. The maximum atomic E-state index is 12.2. The second kappa shape index (κ2) is 5.92. The second-order valence-electron chi connectivity index (χ2n) is 3.44. The molecule has 0 spiro atoms. The van der Waals surface area contributed by atoms with Gasteiger partial charge in [0.05, 0.1) is 9.10 Å². The molecular weight excluding hydrogens is 318 g/mol. The Balaban J connectivity index is 2.43. The first kappa shape index (κ1) is 14.3. The van der Waals surface area contributed by atoms with Crippen molar-refractivity contribution in [1.29, 1.82) is 5.26 Å². The molecule has 2 heterocycles. The van der Waals surface area contributed by atoms with E-state index in [1.165, 1.54) is 40.2 Å². The lowest BCUT2D eigenvalue weighted by Gasteiger charge is -1.98. The SMILES string of the molecule is CSc1ccc(C=C(C#N)S(=O)(=O)c2ccsc2)s1. The molecule has 0 unspecified atom stereocenters. The van der Waals surface area contributed by atoms with E-state index >= 15 is 0 Å². The van der Waals surface area contributed by atoms with Gasteiger partial charge in [0.25, 0.3) is 0 Å². The number of hydrogen-bond acceptors (Lipinski definition) is 6. The molecule has 0 aliphatic rings. The van der Waals surface area contributed by atoms with Crippen molar-refractivity contribution >= 4 is 50.3 Å². The molecule has 0 bridgehead atoms. The molecule has 0 N–H and O–H groups in total. The molecule has 3 nitrogen and oxygen atoms in total. The molecule has 0 saturated heterocycles. The van der Waals surface area contributed by atoms with Gasteiger partial charge in [-0.25, -0.2) is 8.42 Å². The lowest BCUT2D eigenvalue weighted by molar-refractivity contribution is 0.603. The van der Waals surface area contributed by atoms with Crippen molar-refractivity contribution < 1.29 is 8.42 Å². The van der Waals surface area contributed by atoms with E-state index in [-0.39, 0.29) is 9.80 Å². The zero-order chi connectivity index (χ0) is 13.9. The zero-order valence-corrected chi connectivity index (χ0v) is 13.1. The monoisotopic (exact) mass is 327 g/mol. The standard InChI is InChI=1S/C12H9NO2S4/c1-16-12-3-2-9(18-12)6-11(7-13)19(14,15)10-4-5-17-8-10/h2-6,8H,1H3. The highest BCUT2D eigenvalue weighted by Crippen LogP contribution is 2.29. The van der Waals surface area contributed by atoms with Gasteiger partial charge in [0, 0.05) is 10.3 Å². The normalized spacial score (nSPS) is 12.3. The topological polar surface area (TPSA) is 57.9 Å². The molecule has 0 amide bonds. The molecule has 2 aromatic rings. The van der Waals surface area contributed by atoms with Crippen molar-refractivity contribution in [1.82, 2.24) is 0 Å². The van der Waals surface area contributed by atoms with Crippen LogP contribution in [0.25, 0.3) is 6.08 Å². The van der Waals surface area contributed by atoms with Gasteiger partial charge in [-0.05, 0) is 35.9 Å². The Kier molecular flexibility index (Phi) is 4.47. The Morgan fingerprint density at radius 1 is 1.42 bits per heavy atom. The third kappa shape index (κ3) is 3.09. The predicted molar refractivity (Wildman–Crippen MR) is 81.2 cm³/mol. The Hall–Kier alpha value is -1.07. The minimum Gasteiger partial charge on any atom is -0.218 e. The highest BCUT2D eigenvalue weighted by molar-refractivity contribution is 8.00. The van der Waals surface area contributed by atoms with Crippen LogP contribution >= 0.6 is 34.4 Å². The molecule has 2 rings (SSSR count). The summed E-state index contributed by atoms with van der Waals surface area (Å²) in [6, 6.07) is 7.02. The minimum atomic E-state index is -3.69. The summed E-state index contributed by atoms with van der Waals surface area (Å²) in [5, 5.41) is 12.3. The van der Waals surface area contributed by atoms with Crippen molar-refractivity contribution in [3.05, 3.63) is 38.7 Å². The molecule has 0 aromatic carbocycles. The van der Waals surface area contributed by atoms with Crippen molar-refractivity contribution in [2.75, 3.05) is 6.26 Å². The lowest BCUT2D eigenvalue weighted by Crippen LogP contribution is -2.01. The van der Waals surface area contributed by atoms with Crippen LogP contribution in [0.15, 0.2) is 43.0 Å². The fourth-order valence-electron chi connectivity index (χ4n) is 1.35. The van der Waals surface area contributed by atoms with Crippen LogP contribution in [0.5, 0.6) is 0 Å². The summed E-state index contributed by atoms with van der Waals surface area (Å²) in [5.41, 5.74) is 0. The molecule has 0 saturated carbocycles. The Labute approximate surface area is 124 Å². The quantitative estimate of drug-likeness (QED) is 0.632. The summed E-state index contributed by atoms with van der Waals surface area (Å²) in [6.07, 6.45) is 3.38. The summed E-state index contributed by atoms with van der Waals surface area (Å²) < 4.78 is 25.5. The number of nitrogens with zero attached hydrogens (tertiary/aromatic N) is 1.